The van der Waals surface area contributed by atoms with Gasteiger partial charge in [0.05, 0.1) is 4.92 Å². The van der Waals surface area contributed by atoms with Crippen molar-refractivity contribution in [3.8, 4) is 0 Å². The van der Waals surface area contributed by atoms with Crippen LogP contribution in [0.4, 0.5) is 15.9 Å². The highest BCUT2D eigenvalue weighted by Crippen LogP contribution is 2.20. The Morgan fingerprint density at radius 1 is 1.43 bits per heavy atom. The first-order valence-electron chi connectivity index (χ1n) is 6.19. The fourth-order valence-corrected chi connectivity index (χ4v) is 1.68. The number of benzene rings is 1. The molecule has 0 unspecified atom stereocenters. The number of aromatic amines is 1. The second-order valence-corrected chi connectivity index (χ2v) is 4.74. The van der Waals surface area contributed by atoms with Gasteiger partial charge in [-0.15, -0.1) is 0 Å². The molecule has 0 saturated heterocycles. The molecule has 110 valence electrons. The number of carbonyl (C=O) groups excluding carboxylic acids is 1. The topological polar surface area (TPSA) is 101 Å². The predicted molar refractivity (Wildman–Crippen MR) is 73.7 cm³/mol. The van der Waals surface area contributed by atoms with Crippen molar-refractivity contribution in [2.24, 2.45) is 0 Å². The number of hydrogen-bond donors (Lipinski definition) is 2. The quantitative estimate of drug-likeness (QED) is 0.668. The van der Waals surface area contributed by atoms with Crippen molar-refractivity contribution in [3.63, 3.8) is 0 Å². The average Bonchev–Trinajstić information content (AvgIpc) is 2.87. The minimum Gasteiger partial charge on any atom is -0.305 e. The van der Waals surface area contributed by atoms with E-state index in [4.69, 9.17) is 0 Å². The van der Waals surface area contributed by atoms with Crippen molar-refractivity contribution in [1.82, 2.24) is 10.2 Å². The maximum Gasteiger partial charge on any atom is 0.305 e. The zero-order valence-corrected chi connectivity index (χ0v) is 11.4. The van der Waals surface area contributed by atoms with E-state index in [0.717, 1.165) is 17.8 Å². The van der Waals surface area contributed by atoms with Gasteiger partial charge in [-0.2, -0.15) is 9.49 Å². The lowest BCUT2D eigenvalue weighted by Crippen LogP contribution is -2.12. The largest absolute Gasteiger partial charge is 0.305 e. The summed E-state index contributed by atoms with van der Waals surface area (Å²) in [5.74, 6) is -1.07. The van der Waals surface area contributed by atoms with Gasteiger partial charge in [0, 0.05) is 23.4 Å². The van der Waals surface area contributed by atoms with E-state index in [1.807, 2.05) is 13.8 Å². The standard InChI is InChI=1S/C13H13FN4O3/c1-7(2)10-6-12(17-16-10)15-13(19)8-3-4-9(14)11(5-8)18(20)21/h3-7H,1-2H3,(H2,15,16,17,19). The van der Waals surface area contributed by atoms with E-state index in [0.29, 0.717) is 5.82 Å². The van der Waals surface area contributed by atoms with Crippen LogP contribution in [0.1, 0.15) is 35.8 Å². The number of nitrogens with one attached hydrogen (secondary N) is 2. The van der Waals surface area contributed by atoms with E-state index >= 15 is 0 Å². The first kappa shape index (κ1) is 14.6. The molecule has 0 fully saturated rings. The molecule has 0 radical (unpaired) electrons. The number of rotatable bonds is 4. The second kappa shape index (κ2) is 5.70. The highest BCUT2D eigenvalue weighted by molar-refractivity contribution is 6.04. The normalized spacial score (nSPS) is 10.7. The third kappa shape index (κ3) is 3.22. The Labute approximate surface area is 119 Å². The Balaban J connectivity index is 2.20. The summed E-state index contributed by atoms with van der Waals surface area (Å²) in [4.78, 5) is 21.7. The van der Waals surface area contributed by atoms with Crippen molar-refractivity contribution in [2.75, 3.05) is 5.32 Å². The molecule has 1 aromatic carbocycles. The van der Waals surface area contributed by atoms with Gasteiger partial charge < -0.3 is 5.32 Å². The molecule has 0 bridgehead atoms. The minimum atomic E-state index is -0.988. The number of amides is 1. The fourth-order valence-electron chi connectivity index (χ4n) is 1.68. The van der Waals surface area contributed by atoms with Crippen LogP contribution in [0.25, 0.3) is 0 Å². The number of aromatic nitrogens is 2. The lowest BCUT2D eigenvalue weighted by Gasteiger charge is -2.02. The Morgan fingerprint density at radius 2 is 2.14 bits per heavy atom. The predicted octanol–water partition coefficient (Wildman–Crippen LogP) is 2.83. The number of anilines is 1. The van der Waals surface area contributed by atoms with Crippen LogP contribution in [0.15, 0.2) is 24.3 Å². The van der Waals surface area contributed by atoms with Crippen molar-refractivity contribution >= 4 is 17.4 Å². The highest BCUT2D eigenvalue weighted by atomic mass is 19.1. The maximum absolute atomic E-state index is 13.2. The van der Waals surface area contributed by atoms with Gasteiger partial charge in [-0.1, -0.05) is 13.8 Å². The number of nitro groups is 1. The Kier molecular flexibility index (Phi) is 3.97. The van der Waals surface area contributed by atoms with E-state index in [2.05, 4.69) is 15.5 Å². The molecule has 0 aliphatic rings. The van der Waals surface area contributed by atoms with Crippen LogP contribution in [0.3, 0.4) is 0 Å². The average molecular weight is 292 g/mol. The SMILES string of the molecule is CC(C)c1cc(NC(=O)c2ccc(F)c([N+](=O)[O-])c2)n[nH]1. The van der Waals surface area contributed by atoms with E-state index in [1.54, 1.807) is 6.07 Å². The van der Waals surface area contributed by atoms with Crippen LogP contribution in [0.2, 0.25) is 0 Å². The van der Waals surface area contributed by atoms with Crippen LogP contribution < -0.4 is 5.32 Å². The summed E-state index contributed by atoms with van der Waals surface area (Å²) in [7, 11) is 0. The lowest BCUT2D eigenvalue weighted by atomic mass is 10.1. The minimum absolute atomic E-state index is 0.0165. The van der Waals surface area contributed by atoms with Gasteiger partial charge in [0.1, 0.15) is 0 Å². The molecule has 0 saturated carbocycles. The zero-order valence-electron chi connectivity index (χ0n) is 11.4. The molecule has 2 aromatic rings. The van der Waals surface area contributed by atoms with Crippen LogP contribution in [-0.4, -0.2) is 21.0 Å². The molecule has 21 heavy (non-hydrogen) atoms. The molecule has 1 heterocycles. The summed E-state index contributed by atoms with van der Waals surface area (Å²) in [5, 5.41) is 19.8. The smallest absolute Gasteiger partial charge is 0.305 e. The number of nitro benzene ring substituents is 1. The molecular formula is C13H13FN4O3. The molecule has 1 amide bonds. The molecule has 0 aliphatic carbocycles. The molecule has 8 heteroatoms. The van der Waals surface area contributed by atoms with Gasteiger partial charge in [0.2, 0.25) is 5.82 Å². The van der Waals surface area contributed by atoms with Gasteiger partial charge >= 0.3 is 5.69 Å². The summed E-state index contributed by atoms with van der Waals surface area (Å²) in [5.41, 5.74) is 0.0835. The third-order valence-electron chi connectivity index (χ3n) is 2.87. The number of carbonyl (C=O) groups is 1. The zero-order chi connectivity index (χ0) is 15.6. The number of hydrogen-bond acceptors (Lipinski definition) is 4. The van der Waals surface area contributed by atoms with Gasteiger partial charge in [-0.25, -0.2) is 0 Å². The highest BCUT2D eigenvalue weighted by Gasteiger charge is 2.18. The van der Waals surface area contributed by atoms with Gasteiger partial charge in [0.25, 0.3) is 5.91 Å². The third-order valence-corrected chi connectivity index (χ3v) is 2.87. The van der Waals surface area contributed by atoms with Crippen molar-refractivity contribution < 1.29 is 14.1 Å². The van der Waals surface area contributed by atoms with Crippen molar-refractivity contribution in [3.05, 3.63) is 51.5 Å². The molecule has 2 rings (SSSR count). The van der Waals surface area contributed by atoms with Gasteiger partial charge in [-0.05, 0) is 18.1 Å². The molecular weight excluding hydrogens is 279 g/mol. The van der Waals surface area contributed by atoms with Crippen molar-refractivity contribution in [1.29, 1.82) is 0 Å². The Morgan fingerprint density at radius 3 is 2.71 bits per heavy atom. The number of nitrogens with zero attached hydrogens (tertiary/aromatic N) is 2. The van der Waals surface area contributed by atoms with E-state index in [1.165, 1.54) is 6.07 Å². The van der Waals surface area contributed by atoms with E-state index in [9.17, 15) is 19.3 Å². The van der Waals surface area contributed by atoms with E-state index in [-0.39, 0.29) is 11.5 Å². The van der Waals surface area contributed by atoms with Gasteiger partial charge in [-0.3, -0.25) is 20.0 Å². The fraction of sp³-hybridized carbons (Fsp3) is 0.231. The van der Waals surface area contributed by atoms with Crippen molar-refractivity contribution in [2.45, 2.75) is 19.8 Å². The van der Waals surface area contributed by atoms with Crippen LogP contribution in [0.5, 0.6) is 0 Å². The summed E-state index contributed by atoms with van der Waals surface area (Å²) >= 11 is 0. The van der Waals surface area contributed by atoms with E-state index < -0.39 is 22.3 Å². The summed E-state index contributed by atoms with van der Waals surface area (Å²) in [6.45, 7) is 3.92. The Bertz CT molecular complexity index is 696. The van der Waals surface area contributed by atoms with Crippen LogP contribution >= 0.6 is 0 Å². The second-order valence-electron chi connectivity index (χ2n) is 4.74. The lowest BCUT2D eigenvalue weighted by molar-refractivity contribution is -0.387. The molecule has 0 spiro atoms. The first-order chi connectivity index (χ1) is 9.88. The molecule has 1 aromatic heterocycles. The summed E-state index contributed by atoms with van der Waals surface area (Å²) in [6, 6.07) is 4.62. The molecule has 7 nitrogen and oxygen atoms in total. The monoisotopic (exact) mass is 292 g/mol. The number of halogens is 1. The summed E-state index contributed by atoms with van der Waals surface area (Å²) in [6.07, 6.45) is 0. The summed E-state index contributed by atoms with van der Waals surface area (Å²) < 4.78 is 13.2. The maximum atomic E-state index is 13.2. The molecule has 0 aliphatic heterocycles. The first-order valence-corrected chi connectivity index (χ1v) is 6.19. The van der Waals surface area contributed by atoms with Crippen LogP contribution in [-0.2, 0) is 0 Å². The Hall–Kier alpha value is -2.77. The van der Waals surface area contributed by atoms with Gasteiger partial charge in [0.15, 0.2) is 5.82 Å². The number of H-pyrrole nitrogens is 1. The van der Waals surface area contributed by atoms with Crippen LogP contribution in [0, 0.1) is 15.9 Å². The molecule has 0 atom stereocenters. The molecule has 2 N–H and O–H groups in total.